The molecule has 0 spiro atoms. The van der Waals surface area contributed by atoms with Gasteiger partial charge in [-0.15, -0.1) is 10.2 Å². The molecule has 0 unspecified atom stereocenters. The lowest BCUT2D eigenvalue weighted by atomic mass is 9.98. The van der Waals surface area contributed by atoms with Crippen LogP contribution in [0.15, 0.2) is 54.6 Å². The Morgan fingerprint density at radius 2 is 1.77 bits per heavy atom. The first-order valence-electron chi connectivity index (χ1n) is 8.38. The molecule has 1 fully saturated rings. The number of aliphatic carboxylic acids is 1. The third-order valence-electron chi connectivity index (χ3n) is 3.92. The van der Waals surface area contributed by atoms with Crippen LogP contribution in [0, 0.1) is 0 Å². The number of nitrogens with one attached hydrogen (secondary N) is 1. The normalized spacial score (nSPS) is 15.3. The molecule has 0 bridgehead atoms. The van der Waals surface area contributed by atoms with Gasteiger partial charge in [-0.1, -0.05) is 24.6 Å². The largest absolute Gasteiger partial charge is 0.476 e. The minimum Gasteiger partial charge on any atom is -0.476 e. The minimum absolute atomic E-state index is 0.0152. The van der Waals surface area contributed by atoms with E-state index in [1.807, 2.05) is 40.3 Å². The van der Waals surface area contributed by atoms with Crippen molar-refractivity contribution in [1.82, 2.24) is 20.2 Å². The van der Waals surface area contributed by atoms with Gasteiger partial charge in [0, 0.05) is 5.69 Å². The highest BCUT2D eigenvalue weighted by atomic mass is 16.5. The van der Waals surface area contributed by atoms with Crippen LogP contribution in [0.2, 0.25) is 0 Å². The van der Waals surface area contributed by atoms with Gasteiger partial charge in [-0.2, -0.15) is 0 Å². The molecule has 1 heterocycles. The lowest BCUT2D eigenvalue weighted by molar-refractivity contribution is -0.133. The Morgan fingerprint density at radius 1 is 1.15 bits per heavy atom. The van der Waals surface area contributed by atoms with Crippen molar-refractivity contribution in [3.8, 4) is 5.69 Å². The highest BCUT2D eigenvalue weighted by molar-refractivity contribution is 5.86. The van der Waals surface area contributed by atoms with Crippen molar-refractivity contribution in [1.29, 1.82) is 0 Å². The molecule has 1 aliphatic carbocycles. The van der Waals surface area contributed by atoms with E-state index in [4.69, 9.17) is 21.4 Å². The summed E-state index contributed by atoms with van der Waals surface area (Å²) < 4.78 is 7.20. The summed E-state index contributed by atoms with van der Waals surface area (Å²) in [4.78, 5) is 10.7. The van der Waals surface area contributed by atoms with Crippen LogP contribution in [0.5, 0.6) is 0 Å². The van der Waals surface area contributed by atoms with Crippen molar-refractivity contribution in [2.75, 3.05) is 0 Å². The number of carboxylic acids is 1. The van der Waals surface area contributed by atoms with Gasteiger partial charge in [0.1, 0.15) is 18.8 Å². The molecule has 9 heteroatoms. The van der Waals surface area contributed by atoms with Gasteiger partial charge in [0.15, 0.2) is 5.70 Å². The standard InChI is InChI=1S/C9H17N3O3.C8H7N3/c10-8(7(12-11)9(13)14)15-6-4-2-1-3-5-6;1-2-4-8(5-3-1)11-6-9-10-7-11/h6,12H,1-5,10-11H2,(H,13,14);1-7H/b8-7+;. The van der Waals surface area contributed by atoms with E-state index >= 15 is 0 Å². The summed E-state index contributed by atoms with van der Waals surface area (Å²) in [6, 6.07) is 9.95. The maximum Gasteiger partial charge on any atom is 0.358 e. The van der Waals surface area contributed by atoms with Gasteiger partial charge in [0.2, 0.25) is 5.88 Å². The van der Waals surface area contributed by atoms with Crippen molar-refractivity contribution in [3.05, 3.63) is 54.6 Å². The van der Waals surface area contributed by atoms with Crippen LogP contribution < -0.4 is 17.0 Å². The Morgan fingerprint density at radius 3 is 2.31 bits per heavy atom. The van der Waals surface area contributed by atoms with E-state index in [0.29, 0.717) is 0 Å². The lowest BCUT2D eigenvalue weighted by Gasteiger charge is -2.23. The zero-order chi connectivity index (χ0) is 18.8. The van der Waals surface area contributed by atoms with Crippen molar-refractivity contribution in [2.45, 2.75) is 38.2 Å². The number of benzene rings is 1. The number of para-hydroxylation sites is 1. The molecule has 0 atom stereocenters. The molecule has 3 rings (SSSR count). The number of hydrogen-bond donors (Lipinski definition) is 4. The van der Waals surface area contributed by atoms with Crippen molar-refractivity contribution >= 4 is 5.97 Å². The quantitative estimate of drug-likeness (QED) is 0.270. The van der Waals surface area contributed by atoms with E-state index in [-0.39, 0.29) is 17.7 Å². The van der Waals surface area contributed by atoms with Gasteiger partial charge in [-0.3, -0.25) is 10.4 Å². The summed E-state index contributed by atoms with van der Waals surface area (Å²) in [7, 11) is 0. The van der Waals surface area contributed by atoms with Crippen LogP contribution in [0.25, 0.3) is 5.69 Å². The Balaban J connectivity index is 0.000000195. The molecule has 0 aliphatic heterocycles. The topological polar surface area (TPSA) is 141 Å². The molecule has 1 aliphatic rings. The molecule has 1 saturated carbocycles. The fourth-order valence-corrected chi connectivity index (χ4v) is 2.59. The summed E-state index contributed by atoms with van der Waals surface area (Å²) in [5.41, 5.74) is 8.31. The summed E-state index contributed by atoms with van der Waals surface area (Å²) in [6.45, 7) is 0. The number of ether oxygens (including phenoxy) is 1. The van der Waals surface area contributed by atoms with Crippen LogP contribution >= 0.6 is 0 Å². The first kappa shape index (κ1) is 19.3. The minimum atomic E-state index is -1.22. The smallest absolute Gasteiger partial charge is 0.358 e. The predicted molar refractivity (Wildman–Crippen MR) is 95.5 cm³/mol. The molecular weight excluding hydrogens is 336 g/mol. The molecule has 9 nitrogen and oxygen atoms in total. The second-order valence-corrected chi connectivity index (χ2v) is 5.77. The molecule has 2 aromatic rings. The Kier molecular flexibility index (Phi) is 7.44. The van der Waals surface area contributed by atoms with Gasteiger partial charge < -0.3 is 21.0 Å². The molecule has 0 saturated heterocycles. The van der Waals surface area contributed by atoms with Crippen molar-refractivity contribution in [2.24, 2.45) is 11.6 Å². The fraction of sp³-hybridized carbons (Fsp3) is 0.353. The van der Waals surface area contributed by atoms with E-state index in [1.54, 1.807) is 12.7 Å². The number of nitrogens with two attached hydrogens (primary N) is 2. The van der Waals surface area contributed by atoms with Crippen LogP contribution in [-0.2, 0) is 9.53 Å². The van der Waals surface area contributed by atoms with Crippen molar-refractivity contribution in [3.63, 3.8) is 0 Å². The summed E-state index contributed by atoms with van der Waals surface area (Å²) in [5, 5.41) is 16.1. The van der Waals surface area contributed by atoms with E-state index in [2.05, 4.69) is 10.2 Å². The van der Waals surface area contributed by atoms with Crippen LogP contribution in [-0.4, -0.2) is 31.9 Å². The summed E-state index contributed by atoms with van der Waals surface area (Å²) in [6.07, 6.45) is 8.58. The van der Waals surface area contributed by atoms with E-state index in [9.17, 15) is 4.79 Å². The van der Waals surface area contributed by atoms with E-state index in [1.165, 1.54) is 6.42 Å². The third-order valence-corrected chi connectivity index (χ3v) is 3.92. The number of hydrogen-bond acceptors (Lipinski definition) is 7. The van der Waals surface area contributed by atoms with Crippen LogP contribution in [0.3, 0.4) is 0 Å². The number of hydrazine groups is 1. The first-order valence-corrected chi connectivity index (χ1v) is 8.38. The van der Waals surface area contributed by atoms with Crippen LogP contribution in [0.4, 0.5) is 0 Å². The third kappa shape index (κ3) is 5.78. The van der Waals surface area contributed by atoms with Crippen molar-refractivity contribution < 1.29 is 14.6 Å². The Bertz CT molecular complexity index is 697. The number of aromatic nitrogens is 3. The summed E-state index contributed by atoms with van der Waals surface area (Å²) >= 11 is 0. The molecule has 6 N–H and O–H groups in total. The SMILES string of the molecule is NN/C(C(=O)O)=C(\N)OC1CCCCC1.c1ccc(-n2cnnc2)cc1. The molecule has 140 valence electrons. The highest BCUT2D eigenvalue weighted by Crippen LogP contribution is 2.21. The number of nitrogens with zero attached hydrogens (tertiary/aromatic N) is 3. The first-order chi connectivity index (χ1) is 12.6. The lowest BCUT2D eigenvalue weighted by Crippen LogP contribution is -2.32. The Labute approximate surface area is 151 Å². The van der Waals surface area contributed by atoms with Gasteiger partial charge in [0.25, 0.3) is 0 Å². The maximum absolute atomic E-state index is 10.7. The Hall–Kier alpha value is -3.07. The molecular formula is C17H24N6O3. The van der Waals surface area contributed by atoms with Gasteiger partial charge in [-0.25, -0.2) is 4.79 Å². The average molecular weight is 360 g/mol. The molecule has 0 amide bonds. The second kappa shape index (κ2) is 10.0. The van der Waals surface area contributed by atoms with Gasteiger partial charge >= 0.3 is 5.97 Å². The van der Waals surface area contributed by atoms with Gasteiger partial charge in [-0.05, 0) is 37.8 Å². The molecule has 1 aromatic heterocycles. The second-order valence-electron chi connectivity index (χ2n) is 5.77. The molecule has 26 heavy (non-hydrogen) atoms. The van der Waals surface area contributed by atoms with Crippen LogP contribution in [0.1, 0.15) is 32.1 Å². The number of carbonyl (C=O) groups is 1. The summed E-state index contributed by atoms with van der Waals surface area (Å²) in [5.74, 6) is 3.67. The fourth-order valence-electron chi connectivity index (χ4n) is 2.59. The number of rotatable bonds is 5. The average Bonchev–Trinajstić information content (AvgIpc) is 3.19. The van der Waals surface area contributed by atoms with E-state index < -0.39 is 5.97 Å². The zero-order valence-electron chi connectivity index (χ0n) is 14.4. The molecule has 0 radical (unpaired) electrons. The van der Waals surface area contributed by atoms with Gasteiger partial charge in [0.05, 0.1) is 0 Å². The zero-order valence-corrected chi connectivity index (χ0v) is 14.4. The molecule has 1 aromatic carbocycles. The maximum atomic E-state index is 10.7. The number of carboxylic acid groups (broad SMARTS) is 1. The predicted octanol–water partition coefficient (Wildman–Crippen LogP) is 1.28. The monoisotopic (exact) mass is 360 g/mol. The van der Waals surface area contributed by atoms with E-state index in [0.717, 1.165) is 31.4 Å². The highest BCUT2D eigenvalue weighted by Gasteiger charge is 2.19.